The van der Waals surface area contributed by atoms with Gasteiger partial charge >= 0.3 is 0 Å². The number of aryl methyl sites for hydroxylation is 1. The first kappa shape index (κ1) is 13.4. The number of carbonyl (C=O) groups is 2. The number of aldehydes is 1. The normalized spacial score (nSPS) is 9.94. The first-order chi connectivity index (χ1) is 8.22. The summed E-state index contributed by atoms with van der Waals surface area (Å²) < 4.78 is 0. The van der Waals surface area contributed by atoms with Crippen LogP contribution in [0.25, 0.3) is 0 Å². The summed E-state index contributed by atoms with van der Waals surface area (Å²) >= 11 is 0. The SMILES string of the molecule is Cc1ccc(CNC(=O)CCCCC=O)cc1. The van der Waals surface area contributed by atoms with E-state index in [4.69, 9.17) is 0 Å². The Labute approximate surface area is 102 Å². The molecule has 0 saturated heterocycles. The Morgan fingerprint density at radius 2 is 1.94 bits per heavy atom. The number of hydrogen-bond donors (Lipinski definition) is 1. The molecule has 0 bridgehead atoms. The Bertz CT molecular complexity index is 357. The van der Waals surface area contributed by atoms with E-state index in [1.807, 2.05) is 31.2 Å². The van der Waals surface area contributed by atoms with Crippen LogP contribution in [0.3, 0.4) is 0 Å². The smallest absolute Gasteiger partial charge is 0.220 e. The zero-order chi connectivity index (χ0) is 12.5. The Balaban J connectivity index is 2.19. The van der Waals surface area contributed by atoms with E-state index in [-0.39, 0.29) is 5.91 Å². The standard InChI is InChI=1S/C14H19NO2/c1-12-6-8-13(9-7-12)11-15-14(17)5-3-2-4-10-16/h6-10H,2-5,11H2,1H3,(H,15,17). The summed E-state index contributed by atoms with van der Waals surface area (Å²) in [7, 11) is 0. The molecule has 1 rings (SSSR count). The second-order valence-electron chi connectivity index (χ2n) is 4.17. The monoisotopic (exact) mass is 233 g/mol. The van der Waals surface area contributed by atoms with E-state index in [0.29, 0.717) is 19.4 Å². The van der Waals surface area contributed by atoms with Gasteiger partial charge < -0.3 is 10.1 Å². The van der Waals surface area contributed by atoms with Crippen LogP contribution in [0.5, 0.6) is 0 Å². The van der Waals surface area contributed by atoms with Crippen molar-refractivity contribution in [2.75, 3.05) is 0 Å². The Morgan fingerprint density at radius 1 is 1.24 bits per heavy atom. The van der Waals surface area contributed by atoms with Gasteiger partial charge in [0.1, 0.15) is 6.29 Å². The summed E-state index contributed by atoms with van der Waals surface area (Å²) in [6.07, 6.45) is 3.51. The van der Waals surface area contributed by atoms with Crippen LogP contribution in [-0.2, 0) is 16.1 Å². The summed E-state index contributed by atoms with van der Waals surface area (Å²) in [5, 5.41) is 2.87. The van der Waals surface area contributed by atoms with Gasteiger partial charge in [-0.05, 0) is 25.3 Å². The lowest BCUT2D eigenvalue weighted by atomic mass is 10.1. The molecule has 0 unspecified atom stereocenters. The molecule has 1 amide bonds. The molecule has 92 valence electrons. The Morgan fingerprint density at radius 3 is 2.59 bits per heavy atom. The number of hydrogen-bond acceptors (Lipinski definition) is 2. The highest BCUT2D eigenvalue weighted by atomic mass is 16.1. The predicted molar refractivity (Wildman–Crippen MR) is 67.6 cm³/mol. The molecule has 0 atom stereocenters. The second-order valence-corrected chi connectivity index (χ2v) is 4.17. The highest BCUT2D eigenvalue weighted by molar-refractivity contribution is 5.75. The molecule has 0 aromatic heterocycles. The zero-order valence-electron chi connectivity index (χ0n) is 10.2. The van der Waals surface area contributed by atoms with Gasteiger partial charge in [-0.2, -0.15) is 0 Å². The maximum Gasteiger partial charge on any atom is 0.220 e. The highest BCUT2D eigenvalue weighted by Gasteiger charge is 2.00. The number of rotatable bonds is 7. The lowest BCUT2D eigenvalue weighted by Crippen LogP contribution is -2.22. The Kier molecular flexibility index (Phi) is 6.00. The highest BCUT2D eigenvalue weighted by Crippen LogP contribution is 2.03. The van der Waals surface area contributed by atoms with Crippen LogP contribution in [0.1, 0.15) is 36.8 Å². The zero-order valence-corrected chi connectivity index (χ0v) is 10.2. The molecule has 3 heteroatoms. The van der Waals surface area contributed by atoms with Crippen molar-refractivity contribution in [1.29, 1.82) is 0 Å². The maximum absolute atomic E-state index is 11.4. The molecule has 1 N–H and O–H groups in total. The minimum atomic E-state index is 0.0523. The molecular weight excluding hydrogens is 214 g/mol. The number of nitrogens with one attached hydrogen (secondary N) is 1. The van der Waals surface area contributed by atoms with Crippen LogP contribution in [0.4, 0.5) is 0 Å². The molecule has 1 aromatic carbocycles. The quantitative estimate of drug-likeness (QED) is 0.580. The lowest BCUT2D eigenvalue weighted by molar-refractivity contribution is -0.121. The van der Waals surface area contributed by atoms with Crippen LogP contribution < -0.4 is 5.32 Å². The van der Waals surface area contributed by atoms with E-state index in [1.165, 1.54) is 5.56 Å². The molecule has 1 aromatic rings. The summed E-state index contributed by atoms with van der Waals surface area (Å²) in [5.41, 5.74) is 2.32. The number of carbonyl (C=O) groups excluding carboxylic acids is 2. The molecule has 0 aliphatic heterocycles. The minimum Gasteiger partial charge on any atom is -0.352 e. The van der Waals surface area contributed by atoms with Gasteiger partial charge in [0, 0.05) is 19.4 Å². The van der Waals surface area contributed by atoms with Crippen molar-refractivity contribution in [2.24, 2.45) is 0 Å². The number of benzene rings is 1. The van der Waals surface area contributed by atoms with E-state index >= 15 is 0 Å². The lowest BCUT2D eigenvalue weighted by Gasteiger charge is -2.05. The molecule has 0 radical (unpaired) electrons. The van der Waals surface area contributed by atoms with Gasteiger partial charge in [0.25, 0.3) is 0 Å². The van der Waals surface area contributed by atoms with Crippen molar-refractivity contribution >= 4 is 12.2 Å². The van der Waals surface area contributed by atoms with E-state index in [1.54, 1.807) is 0 Å². The number of unbranched alkanes of at least 4 members (excludes halogenated alkanes) is 2. The van der Waals surface area contributed by atoms with Gasteiger partial charge in [0.15, 0.2) is 0 Å². The Hall–Kier alpha value is -1.64. The summed E-state index contributed by atoms with van der Waals surface area (Å²) in [5.74, 6) is 0.0523. The van der Waals surface area contributed by atoms with Gasteiger partial charge in [0.05, 0.1) is 0 Å². The molecular formula is C14H19NO2. The molecule has 3 nitrogen and oxygen atoms in total. The van der Waals surface area contributed by atoms with Crippen molar-refractivity contribution in [1.82, 2.24) is 5.32 Å². The molecule has 0 aliphatic rings. The van der Waals surface area contributed by atoms with Gasteiger partial charge in [-0.25, -0.2) is 0 Å². The molecule has 0 saturated carbocycles. The van der Waals surface area contributed by atoms with Crippen molar-refractivity contribution < 1.29 is 9.59 Å². The predicted octanol–water partition coefficient (Wildman–Crippen LogP) is 2.37. The van der Waals surface area contributed by atoms with Crippen LogP contribution >= 0.6 is 0 Å². The van der Waals surface area contributed by atoms with E-state index in [0.717, 1.165) is 24.7 Å². The maximum atomic E-state index is 11.4. The number of amides is 1. The fourth-order valence-electron chi connectivity index (χ4n) is 1.51. The third kappa shape index (κ3) is 5.85. The average molecular weight is 233 g/mol. The largest absolute Gasteiger partial charge is 0.352 e. The van der Waals surface area contributed by atoms with Crippen molar-refractivity contribution in [3.8, 4) is 0 Å². The topological polar surface area (TPSA) is 46.2 Å². The van der Waals surface area contributed by atoms with Crippen LogP contribution in [0.2, 0.25) is 0 Å². The third-order valence-corrected chi connectivity index (χ3v) is 2.59. The average Bonchev–Trinajstić information content (AvgIpc) is 2.34. The fraction of sp³-hybridized carbons (Fsp3) is 0.429. The second kappa shape index (κ2) is 7.60. The van der Waals surface area contributed by atoms with Crippen molar-refractivity contribution in [3.63, 3.8) is 0 Å². The first-order valence-electron chi connectivity index (χ1n) is 5.98. The van der Waals surface area contributed by atoms with Crippen molar-refractivity contribution in [2.45, 2.75) is 39.2 Å². The van der Waals surface area contributed by atoms with Crippen molar-refractivity contribution in [3.05, 3.63) is 35.4 Å². The van der Waals surface area contributed by atoms with E-state index in [2.05, 4.69) is 5.32 Å². The van der Waals surface area contributed by atoms with E-state index < -0.39 is 0 Å². The third-order valence-electron chi connectivity index (χ3n) is 2.59. The van der Waals surface area contributed by atoms with E-state index in [9.17, 15) is 9.59 Å². The van der Waals surface area contributed by atoms with Crippen LogP contribution in [0, 0.1) is 6.92 Å². The molecule has 0 fully saturated rings. The molecule has 17 heavy (non-hydrogen) atoms. The van der Waals surface area contributed by atoms with Gasteiger partial charge in [0.2, 0.25) is 5.91 Å². The van der Waals surface area contributed by atoms with Gasteiger partial charge in [-0.15, -0.1) is 0 Å². The fourth-order valence-corrected chi connectivity index (χ4v) is 1.51. The summed E-state index contributed by atoms with van der Waals surface area (Å²) in [6, 6.07) is 8.10. The minimum absolute atomic E-state index is 0.0523. The summed E-state index contributed by atoms with van der Waals surface area (Å²) in [4.78, 5) is 21.5. The van der Waals surface area contributed by atoms with Gasteiger partial charge in [-0.3, -0.25) is 4.79 Å². The summed E-state index contributed by atoms with van der Waals surface area (Å²) in [6.45, 7) is 2.61. The van der Waals surface area contributed by atoms with Crippen LogP contribution in [0.15, 0.2) is 24.3 Å². The molecule has 0 spiro atoms. The van der Waals surface area contributed by atoms with Crippen LogP contribution in [-0.4, -0.2) is 12.2 Å². The molecule has 0 aliphatic carbocycles. The first-order valence-corrected chi connectivity index (χ1v) is 5.98. The molecule has 0 heterocycles. The van der Waals surface area contributed by atoms with Gasteiger partial charge in [-0.1, -0.05) is 29.8 Å².